The smallest absolute Gasteiger partial charge is 0.0616 e. The van der Waals surface area contributed by atoms with Crippen LogP contribution in [0.4, 0.5) is 0 Å². The van der Waals surface area contributed by atoms with Gasteiger partial charge in [-0.25, -0.2) is 0 Å². The Hall–Kier alpha value is 0.210. The molecule has 0 heterocycles. The molecular weight excluding hydrogens is 270 g/mol. The van der Waals surface area contributed by atoms with E-state index in [1.807, 2.05) is 0 Å². The first-order valence-electron chi connectivity index (χ1n) is 8.63. The summed E-state index contributed by atoms with van der Waals surface area (Å²) in [5.41, 5.74) is 0. The summed E-state index contributed by atoms with van der Waals surface area (Å²) in [5.74, 6) is 0.707. The zero-order valence-electron chi connectivity index (χ0n) is 13.8. The summed E-state index contributed by atoms with van der Waals surface area (Å²) < 4.78 is 5.19. The highest BCUT2D eigenvalue weighted by atomic mass is 35.5. The summed E-state index contributed by atoms with van der Waals surface area (Å²) in [6.45, 7) is 4.14. The fraction of sp³-hybridized carbons (Fsp3) is 1.00. The van der Waals surface area contributed by atoms with Gasteiger partial charge in [0, 0.05) is 19.0 Å². The molecule has 0 aliphatic rings. The second kappa shape index (κ2) is 17.3. The van der Waals surface area contributed by atoms with Crippen LogP contribution in [-0.4, -0.2) is 32.2 Å². The van der Waals surface area contributed by atoms with E-state index in [9.17, 15) is 0 Å². The van der Waals surface area contributed by atoms with Crippen molar-refractivity contribution in [2.24, 2.45) is 0 Å². The number of halogens is 1. The molecule has 0 bridgehead atoms. The molecule has 0 saturated heterocycles. The molecule has 0 amide bonds. The highest BCUT2D eigenvalue weighted by Crippen LogP contribution is 2.10. The van der Waals surface area contributed by atoms with Crippen LogP contribution in [0.2, 0.25) is 0 Å². The molecule has 1 atom stereocenters. The first kappa shape index (κ1) is 20.2. The molecule has 2 nitrogen and oxygen atoms in total. The Bertz CT molecular complexity index is 172. The Morgan fingerprint density at radius 3 is 1.95 bits per heavy atom. The van der Waals surface area contributed by atoms with Gasteiger partial charge < -0.3 is 10.1 Å². The molecule has 0 spiro atoms. The number of hydrogen-bond acceptors (Lipinski definition) is 2. The molecule has 0 saturated carbocycles. The summed E-state index contributed by atoms with van der Waals surface area (Å²) in [6.07, 6.45) is 14.9. The lowest BCUT2D eigenvalue weighted by atomic mass is 10.1. The molecule has 0 rings (SSSR count). The van der Waals surface area contributed by atoms with Gasteiger partial charge in [0.2, 0.25) is 0 Å². The standard InChI is InChI=1S/C17H36ClNO/c1-3-4-5-6-7-8-9-10-11-12-15-19-17(13-14-18)16-20-2/h17,19H,3-16H2,1-2H3. The van der Waals surface area contributed by atoms with Gasteiger partial charge in [-0.3, -0.25) is 0 Å². The molecule has 0 aliphatic heterocycles. The van der Waals surface area contributed by atoms with Crippen LogP contribution in [0, 0.1) is 0 Å². The van der Waals surface area contributed by atoms with Crippen molar-refractivity contribution in [3.05, 3.63) is 0 Å². The lowest BCUT2D eigenvalue weighted by molar-refractivity contribution is 0.164. The number of nitrogens with one attached hydrogen (secondary N) is 1. The highest BCUT2D eigenvalue weighted by molar-refractivity contribution is 6.17. The predicted octanol–water partition coefficient (Wildman–Crippen LogP) is 5.14. The molecule has 0 radical (unpaired) electrons. The maximum atomic E-state index is 5.78. The Morgan fingerprint density at radius 1 is 0.900 bits per heavy atom. The van der Waals surface area contributed by atoms with Crippen molar-refractivity contribution in [1.29, 1.82) is 0 Å². The Kier molecular flexibility index (Phi) is 17.4. The van der Waals surface area contributed by atoms with E-state index in [1.165, 1.54) is 64.2 Å². The minimum atomic E-state index is 0.427. The van der Waals surface area contributed by atoms with Crippen molar-refractivity contribution in [3.8, 4) is 0 Å². The van der Waals surface area contributed by atoms with Crippen LogP contribution in [0.15, 0.2) is 0 Å². The minimum absolute atomic E-state index is 0.427. The van der Waals surface area contributed by atoms with Crippen LogP contribution in [0.1, 0.15) is 77.6 Å². The van der Waals surface area contributed by atoms with Gasteiger partial charge in [-0.05, 0) is 19.4 Å². The molecule has 0 aliphatic carbocycles. The number of hydrogen-bond donors (Lipinski definition) is 1. The van der Waals surface area contributed by atoms with E-state index in [0.717, 1.165) is 19.6 Å². The third-order valence-electron chi connectivity index (χ3n) is 3.79. The third-order valence-corrected chi connectivity index (χ3v) is 4.01. The number of rotatable bonds is 16. The molecule has 0 aromatic heterocycles. The van der Waals surface area contributed by atoms with Gasteiger partial charge >= 0.3 is 0 Å². The van der Waals surface area contributed by atoms with Crippen molar-refractivity contribution in [1.82, 2.24) is 5.32 Å². The first-order valence-corrected chi connectivity index (χ1v) is 9.16. The zero-order valence-corrected chi connectivity index (χ0v) is 14.5. The normalized spacial score (nSPS) is 12.8. The zero-order chi connectivity index (χ0) is 14.9. The van der Waals surface area contributed by atoms with E-state index >= 15 is 0 Å². The summed E-state index contributed by atoms with van der Waals surface area (Å²) in [6, 6.07) is 0.427. The van der Waals surface area contributed by atoms with Gasteiger partial charge in [-0.1, -0.05) is 64.7 Å². The second-order valence-electron chi connectivity index (χ2n) is 5.77. The maximum absolute atomic E-state index is 5.78. The van der Waals surface area contributed by atoms with E-state index in [4.69, 9.17) is 16.3 Å². The Balaban J connectivity index is 3.18. The molecule has 3 heteroatoms. The predicted molar refractivity (Wildman–Crippen MR) is 90.8 cm³/mol. The SMILES string of the molecule is CCCCCCCCCCCCNC(CCCl)COC. The summed E-state index contributed by atoms with van der Waals surface area (Å²) in [7, 11) is 1.75. The van der Waals surface area contributed by atoms with Crippen LogP contribution < -0.4 is 5.32 Å². The summed E-state index contributed by atoms with van der Waals surface area (Å²) in [5, 5.41) is 3.54. The van der Waals surface area contributed by atoms with E-state index in [1.54, 1.807) is 7.11 Å². The lowest BCUT2D eigenvalue weighted by Gasteiger charge is -2.16. The highest BCUT2D eigenvalue weighted by Gasteiger charge is 2.05. The average molecular weight is 306 g/mol. The molecule has 0 aromatic rings. The number of methoxy groups -OCH3 is 1. The van der Waals surface area contributed by atoms with Crippen LogP contribution >= 0.6 is 11.6 Å². The van der Waals surface area contributed by atoms with Gasteiger partial charge in [0.25, 0.3) is 0 Å². The van der Waals surface area contributed by atoms with Crippen LogP contribution in [0.5, 0.6) is 0 Å². The fourth-order valence-corrected chi connectivity index (χ4v) is 2.76. The Morgan fingerprint density at radius 2 is 1.45 bits per heavy atom. The third kappa shape index (κ3) is 14.6. The monoisotopic (exact) mass is 305 g/mol. The second-order valence-corrected chi connectivity index (χ2v) is 6.14. The van der Waals surface area contributed by atoms with Crippen molar-refractivity contribution < 1.29 is 4.74 Å². The van der Waals surface area contributed by atoms with Gasteiger partial charge in [0.15, 0.2) is 0 Å². The topological polar surface area (TPSA) is 21.3 Å². The van der Waals surface area contributed by atoms with Crippen LogP contribution in [-0.2, 0) is 4.74 Å². The molecule has 1 N–H and O–H groups in total. The fourth-order valence-electron chi connectivity index (χ4n) is 2.50. The van der Waals surface area contributed by atoms with Crippen molar-refractivity contribution in [2.75, 3.05) is 26.1 Å². The van der Waals surface area contributed by atoms with E-state index in [2.05, 4.69) is 12.2 Å². The van der Waals surface area contributed by atoms with Crippen molar-refractivity contribution in [3.63, 3.8) is 0 Å². The van der Waals surface area contributed by atoms with Gasteiger partial charge in [-0.2, -0.15) is 0 Å². The van der Waals surface area contributed by atoms with E-state index in [-0.39, 0.29) is 0 Å². The molecule has 0 fully saturated rings. The molecule has 0 aromatic carbocycles. The lowest BCUT2D eigenvalue weighted by Crippen LogP contribution is -2.34. The van der Waals surface area contributed by atoms with E-state index < -0.39 is 0 Å². The van der Waals surface area contributed by atoms with Crippen LogP contribution in [0.3, 0.4) is 0 Å². The summed E-state index contributed by atoms with van der Waals surface area (Å²) >= 11 is 5.78. The molecule has 20 heavy (non-hydrogen) atoms. The quantitative estimate of drug-likeness (QED) is 0.315. The number of unbranched alkanes of at least 4 members (excludes halogenated alkanes) is 9. The summed E-state index contributed by atoms with van der Waals surface area (Å²) in [4.78, 5) is 0. The van der Waals surface area contributed by atoms with Crippen LogP contribution in [0.25, 0.3) is 0 Å². The molecular formula is C17H36ClNO. The largest absolute Gasteiger partial charge is 0.383 e. The van der Waals surface area contributed by atoms with Crippen molar-refractivity contribution >= 4 is 11.6 Å². The number of alkyl halides is 1. The van der Waals surface area contributed by atoms with Gasteiger partial charge in [-0.15, -0.1) is 11.6 Å². The van der Waals surface area contributed by atoms with Gasteiger partial charge in [0.1, 0.15) is 0 Å². The molecule has 1 unspecified atom stereocenters. The average Bonchev–Trinajstić information content (AvgIpc) is 2.45. The Labute approximate surface area is 132 Å². The number of ether oxygens (including phenoxy) is 1. The minimum Gasteiger partial charge on any atom is -0.383 e. The van der Waals surface area contributed by atoms with Crippen molar-refractivity contribution in [2.45, 2.75) is 83.6 Å². The molecule has 122 valence electrons. The maximum Gasteiger partial charge on any atom is 0.0616 e. The van der Waals surface area contributed by atoms with E-state index in [0.29, 0.717) is 11.9 Å². The van der Waals surface area contributed by atoms with Gasteiger partial charge in [0.05, 0.1) is 6.61 Å². The first-order chi connectivity index (χ1) is 9.85.